The van der Waals surface area contributed by atoms with Gasteiger partial charge in [-0.1, -0.05) is 6.07 Å². The Hall–Kier alpha value is -2.19. The molecule has 1 aliphatic heterocycles. The molecule has 2 aromatic rings. The average Bonchev–Trinajstić information content (AvgIpc) is 2.91. The van der Waals surface area contributed by atoms with Gasteiger partial charge in [0.25, 0.3) is 0 Å². The van der Waals surface area contributed by atoms with Gasteiger partial charge >= 0.3 is 0 Å². The van der Waals surface area contributed by atoms with Gasteiger partial charge in [0.15, 0.2) is 0 Å². The third kappa shape index (κ3) is 1.98. The van der Waals surface area contributed by atoms with E-state index in [0.29, 0.717) is 17.6 Å². The first kappa shape index (κ1) is 12.8. The van der Waals surface area contributed by atoms with E-state index in [-0.39, 0.29) is 0 Å². The smallest absolute Gasteiger partial charge is 0.139 e. The molecule has 0 spiro atoms. The number of hydrogen-bond donors (Lipinski definition) is 1. The maximum atomic E-state index is 9.18. The normalized spacial score (nSPS) is 21.9. The second-order valence-corrected chi connectivity index (χ2v) is 5.22. The molecule has 20 heavy (non-hydrogen) atoms. The molecule has 1 saturated heterocycles. The summed E-state index contributed by atoms with van der Waals surface area (Å²) in [6.45, 7) is 3.22. The lowest BCUT2D eigenvalue weighted by atomic mass is 10.1. The van der Waals surface area contributed by atoms with E-state index in [1.165, 1.54) is 0 Å². The zero-order valence-electron chi connectivity index (χ0n) is 11.7. The molecule has 102 valence electrons. The SMILES string of the molecule is CC1NCCC1N(C)c1ncnc2c(C#N)cccc12. The molecule has 2 atom stereocenters. The molecule has 1 aromatic carbocycles. The standard InChI is InChI=1S/C15H17N5/c1-10-13(6-7-17-10)20(2)15-12-5-3-4-11(8-16)14(12)18-9-19-15/h3-5,9-10,13,17H,6-7H2,1-2H3. The number of anilines is 1. The number of nitrogens with one attached hydrogen (secondary N) is 1. The fourth-order valence-electron chi connectivity index (χ4n) is 2.98. The highest BCUT2D eigenvalue weighted by atomic mass is 15.2. The number of para-hydroxylation sites is 1. The van der Waals surface area contributed by atoms with Crippen molar-refractivity contribution in [3.63, 3.8) is 0 Å². The molecule has 1 aliphatic rings. The van der Waals surface area contributed by atoms with Gasteiger partial charge in [-0.3, -0.25) is 0 Å². The van der Waals surface area contributed by atoms with Crippen LogP contribution in [0, 0.1) is 11.3 Å². The van der Waals surface area contributed by atoms with E-state index >= 15 is 0 Å². The van der Waals surface area contributed by atoms with E-state index in [4.69, 9.17) is 0 Å². The number of benzene rings is 1. The number of hydrogen-bond acceptors (Lipinski definition) is 5. The molecule has 0 amide bonds. The van der Waals surface area contributed by atoms with Gasteiger partial charge in [0, 0.05) is 24.5 Å². The number of nitriles is 1. The minimum atomic E-state index is 0.416. The predicted molar refractivity (Wildman–Crippen MR) is 78.5 cm³/mol. The quantitative estimate of drug-likeness (QED) is 0.897. The van der Waals surface area contributed by atoms with Gasteiger partial charge in [0.1, 0.15) is 18.2 Å². The molecule has 2 unspecified atom stereocenters. The Kier molecular flexibility index (Phi) is 3.25. The Morgan fingerprint density at radius 2 is 2.25 bits per heavy atom. The predicted octanol–water partition coefficient (Wildman–Crippen LogP) is 1.69. The van der Waals surface area contributed by atoms with Crippen LogP contribution in [0.15, 0.2) is 24.5 Å². The van der Waals surface area contributed by atoms with Crippen LogP contribution < -0.4 is 10.2 Å². The number of fused-ring (bicyclic) bond motifs is 1. The van der Waals surface area contributed by atoms with E-state index in [1.807, 2.05) is 12.1 Å². The second-order valence-electron chi connectivity index (χ2n) is 5.22. The fourth-order valence-corrected chi connectivity index (χ4v) is 2.98. The maximum Gasteiger partial charge on any atom is 0.139 e. The van der Waals surface area contributed by atoms with Crippen molar-refractivity contribution < 1.29 is 0 Å². The number of likely N-dealkylation sites (N-methyl/N-ethyl adjacent to an activating group) is 1. The Labute approximate surface area is 118 Å². The van der Waals surface area contributed by atoms with Crippen molar-refractivity contribution in [2.75, 3.05) is 18.5 Å². The van der Waals surface area contributed by atoms with E-state index in [2.05, 4.69) is 40.2 Å². The van der Waals surface area contributed by atoms with Crippen molar-refractivity contribution >= 4 is 16.7 Å². The largest absolute Gasteiger partial charge is 0.354 e. The number of rotatable bonds is 2. The van der Waals surface area contributed by atoms with Gasteiger partial charge < -0.3 is 10.2 Å². The van der Waals surface area contributed by atoms with Crippen LogP contribution >= 0.6 is 0 Å². The molecule has 0 saturated carbocycles. The van der Waals surface area contributed by atoms with Crippen LogP contribution in [-0.4, -0.2) is 35.6 Å². The minimum absolute atomic E-state index is 0.416. The summed E-state index contributed by atoms with van der Waals surface area (Å²) in [7, 11) is 2.06. The molecular weight excluding hydrogens is 250 g/mol. The van der Waals surface area contributed by atoms with Crippen molar-refractivity contribution in [3.05, 3.63) is 30.1 Å². The van der Waals surface area contributed by atoms with Gasteiger partial charge in [-0.2, -0.15) is 5.26 Å². The Balaban J connectivity index is 2.10. The highest BCUT2D eigenvalue weighted by Crippen LogP contribution is 2.27. The molecular formula is C15H17N5. The van der Waals surface area contributed by atoms with Crippen LogP contribution in [0.25, 0.3) is 10.9 Å². The van der Waals surface area contributed by atoms with Gasteiger partial charge in [-0.05, 0) is 32.0 Å². The van der Waals surface area contributed by atoms with Crippen molar-refractivity contribution in [2.45, 2.75) is 25.4 Å². The minimum Gasteiger partial charge on any atom is -0.354 e. The molecule has 1 N–H and O–H groups in total. The number of aromatic nitrogens is 2. The summed E-state index contributed by atoms with van der Waals surface area (Å²) in [5.74, 6) is 0.896. The highest BCUT2D eigenvalue weighted by Gasteiger charge is 2.28. The summed E-state index contributed by atoms with van der Waals surface area (Å²) < 4.78 is 0. The molecule has 0 radical (unpaired) electrons. The summed E-state index contributed by atoms with van der Waals surface area (Å²) in [6.07, 6.45) is 2.64. The average molecular weight is 267 g/mol. The Bertz CT molecular complexity index is 676. The molecule has 0 aliphatic carbocycles. The fraction of sp³-hybridized carbons (Fsp3) is 0.400. The lowest BCUT2D eigenvalue weighted by molar-refractivity contribution is 0.558. The van der Waals surface area contributed by atoms with Crippen molar-refractivity contribution in [3.8, 4) is 6.07 Å². The van der Waals surface area contributed by atoms with Crippen LogP contribution in [-0.2, 0) is 0 Å². The monoisotopic (exact) mass is 267 g/mol. The first-order valence-electron chi connectivity index (χ1n) is 6.82. The first-order valence-corrected chi connectivity index (χ1v) is 6.82. The summed E-state index contributed by atoms with van der Waals surface area (Å²) in [5, 5.41) is 13.6. The molecule has 5 heteroatoms. The van der Waals surface area contributed by atoms with E-state index in [0.717, 1.165) is 29.7 Å². The van der Waals surface area contributed by atoms with Gasteiger partial charge in [0.2, 0.25) is 0 Å². The zero-order chi connectivity index (χ0) is 14.1. The summed E-state index contributed by atoms with van der Waals surface area (Å²) in [5.41, 5.74) is 1.32. The maximum absolute atomic E-state index is 9.18. The Morgan fingerprint density at radius 1 is 1.40 bits per heavy atom. The molecule has 0 bridgehead atoms. The molecule has 1 fully saturated rings. The molecule has 3 rings (SSSR count). The van der Waals surface area contributed by atoms with E-state index < -0.39 is 0 Å². The molecule has 1 aromatic heterocycles. The molecule has 2 heterocycles. The molecule has 5 nitrogen and oxygen atoms in total. The van der Waals surface area contributed by atoms with E-state index in [9.17, 15) is 5.26 Å². The summed E-state index contributed by atoms with van der Waals surface area (Å²) in [6, 6.07) is 8.70. The zero-order valence-corrected chi connectivity index (χ0v) is 11.7. The summed E-state index contributed by atoms with van der Waals surface area (Å²) >= 11 is 0. The van der Waals surface area contributed by atoms with Crippen LogP contribution in [0.2, 0.25) is 0 Å². The van der Waals surface area contributed by atoms with Crippen molar-refractivity contribution in [1.29, 1.82) is 5.26 Å². The third-order valence-electron chi connectivity index (χ3n) is 4.08. The van der Waals surface area contributed by atoms with Gasteiger partial charge in [-0.15, -0.1) is 0 Å². The highest BCUT2D eigenvalue weighted by molar-refractivity contribution is 5.92. The van der Waals surface area contributed by atoms with E-state index in [1.54, 1.807) is 12.4 Å². The summed E-state index contributed by atoms with van der Waals surface area (Å²) in [4.78, 5) is 10.9. The number of nitrogens with zero attached hydrogens (tertiary/aromatic N) is 4. The van der Waals surface area contributed by atoms with Crippen LogP contribution in [0.5, 0.6) is 0 Å². The second kappa shape index (κ2) is 5.06. The lowest BCUT2D eigenvalue weighted by Gasteiger charge is -2.29. The van der Waals surface area contributed by atoms with Crippen molar-refractivity contribution in [1.82, 2.24) is 15.3 Å². The third-order valence-corrected chi connectivity index (χ3v) is 4.08. The van der Waals surface area contributed by atoms with Gasteiger partial charge in [-0.25, -0.2) is 9.97 Å². The Morgan fingerprint density at radius 3 is 2.95 bits per heavy atom. The van der Waals surface area contributed by atoms with Gasteiger partial charge in [0.05, 0.1) is 11.1 Å². The lowest BCUT2D eigenvalue weighted by Crippen LogP contribution is -2.40. The van der Waals surface area contributed by atoms with Crippen molar-refractivity contribution in [2.24, 2.45) is 0 Å². The van der Waals surface area contributed by atoms with Crippen LogP contribution in [0.4, 0.5) is 5.82 Å². The topological polar surface area (TPSA) is 64.8 Å². The first-order chi connectivity index (χ1) is 9.72. The van der Waals surface area contributed by atoms with Crippen LogP contribution in [0.1, 0.15) is 18.9 Å². The van der Waals surface area contributed by atoms with Crippen LogP contribution in [0.3, 0.4) is 0 Å².